The predicted octanol–water partition coefficient (Wildman–Crippen LogP) is 0.435. The maximum absolute atomic E-state index is 10.4. The molecule has 1 aromatic rings. The summed E-state index contributed by atoms with van der Waals surface area (Å²) in [5.41, 5.74) is 2.35. The van der Waals surface area contributed by atoms with Gasteiger partial charge in [0.1, 0.15) is 0 Å². The lowest BCUT2D eigenvalue weighted by atomic mass is 10.4. The van der Waals surface area contributed by atoms with E-state index in [4.69, 9.17) is 10.9 Å². The highest BCUT2D eigenvalue weighted by Gasteiger charge is 2.12. The van der Waals surface area contributed by atoms with Gasteiger partial charge in [-0.1, -0.05) is 0 Å². The van der Waals surface area contributed by atoms with E-state index in [0.29, 0.717) is 10.0 Å². The molecular weight excluding hydrogens is 166 g/mol. The molecule has 6 heteroatoms. The molecule has 0 fully saturated rings. The number of nitrogens with zero attached hydrogens (tertiary/aromatic N) is 1. The summed E-state index contributed by atoms with van der Waals surface area (Å²) in [7, 11) is 0. The molecule has 1 heterocycles. The van der Waals surface area contributed by atoms with Crippen molar-refractivity contribution in [2.24, 2.45) is 5.84 Å². The first-order chi connectivity index (χ1) is 5.15. The highest BCUT2D eigenvalue weighted by atomic mass is 32.1. The molecule has 0 amide bonds. The number of nitrogens with one attached hydrogen (secondary N) is 1. The molecule has 0 aliphatic heterocycles. The zero-order valence-electron chi connectivity index (χ0n) is 5.79. The van der Waals surface area contributed by atoms with E-state index in [0.717, 1.165) is 0 Å². The number of anilines is 1. The first-order valence-corrected chi connectivity index (χ1v) is 3.64. The molecule has 1 aromatic heterocycles. The van der Waals surface area contributed by atoms with E-state index < -0.39 is 5.97 Å². The average molecular weight is 173 g/mol. The Morgan fingerprint density at radius 3 is 2.73 bits per heavy atom. The summed E-state index contributed by atoms with van der Waals surface area (Å²) in [5.74, 6) is 4.01. The second-order valence-corrected chi connectivity index (χ2v) is 3.08. The average Bonchev–Trinajstić information content (AvgIpc) is 2.30. The first kappa shape index (κ1) is 7.96. The Hall–Kier alpha value is -1.14. The Morgan fingerprint density at radius 1 is 1.82 bits per heavy atom. The number of carbonyl (C=O) groups is 1. The van der Waals surface area contributed by atoms with E-state index in [-0.39, 0.29) is 5.69 Å². The van der Waals surface area contributed by atoms with E-state index in [1.54, 1.807) is 6.92 Å². The van der Waals surface area contributed by atoms with Crippen molar-refractivity contribution in [2.75, 3.05) is 5.43 Å². The first-order valence-electron chi connectivity index (χ1n) is 2.82. The van der Waals surface area contributed by atoms with Crippen LogP contribution in [0, 0.1) is 6.92 Å². The number of nitrogens with two attached hydrogens (primary N) is 1. The van der Waals surface area contributed by atoms with Gasteiger partial charge in [-0.25, -0.2) is 15.6 Å². The number of hydrogen-bond acceptors (Lipinski definition) is 5. The maximum Gasteiger partial charge on any atom is 0.355 e. The molecule has 0 saturated carbocycles. The zero-order valence-corrected chi connectivity index (χ0v) is 6.60. The van der Waals surface area contributed by atoms with Gasteiger partial charge in [-0.2, -0.15) is 0 Å². The number of aromatic nitrogens is 1. The molecule has 0 aromatic carbocycles. The second kappa shape index (κ2) is 2.85. The summed E-state index contributed by atoms with van der Waals surface area (Å²) in [4.78, 5) is 14.8. The van der Waals surface area contributed by atoms with E-state index in [2.05, 4.69) is 10.4 Å². The number of aryl methyl sites for hydroxylation is 1. The molecule has 0 aliphatic rings. The molecule has 0 radical (unpaired) electrons. The molecule has 5 nitrogen and oxygen atoms in total. The van der Waals surface area contributed by atoms with E-state index in [1.807, 2.05) is 0 Å². The number of carboxylic acid groups (broad SMARTS) is 1. The minimum Gasteiger partial charge on any atom is -0.476 e. The molecular formula is C5H7N3O2S. The Balaban J connectivity index is 3.07. The molecule has 0 atom stereocenters. The van der Waals surface area contributed by atoms with E-state index >= 15 is 0 Å². The van der Waals surface area contributed by atoms with Crippen molar-refractivity contribution in [1.82, 2.24) is 4.98 Å². The van der Waals surface area contributed by atoms with Crippen LogP contribution >= 0.6 is 11.3 Å². The van der Waals surface area contributed by atoms with E-state index in [9.17, 15) is 4.79 Å². The Kier molecular flexibility index (Phi) is 2.06. The minimum absolute atomic E-state index is 0.0583. The van der Waals surface area contributed by atoms with Gasteiger partial charge in [0.15, 0.2) is 10.8 Å². The molecule has 0 saturated heterocycles. The van der Waals surface area contributed by atoms with Gasteiger partial charge in [0.05, 0.1) is 0 Å². The van der Waals surface area contributed by atoms with Crippen molar-refractivity contribution >= 4 is 22.4 Å². The third kappa shape index (κ3) is 1.47. The number of nitrogen functional groups attached to an aromatic ring is 1. The maximum atomic E-state index is 10.4. The van der Waals surface area contributed by atoms with Crippen LogP contribution in [0.3, 0.4) is 0 Å². The monoisotopic (exact) mass is 173 g/mol. The summed E-state index contributed by atoms with van der Waals surface area (Å²) in [6.07, 6.45) is 0. The van der Waals surface area contributed by atoms with Gasteiger partial charge in [-0.3, -0.25) is 5.43 Å². The number of thiazole rings is 1. The largest absolute Gasteiger partial charge is 0.476 e. The van der Waals surface area contributed by atoms with Gasteiger partial charge in [-0.05, 0) is 6.92 Å². The van der Waals surface area contributed by atoms with Crippen LogP contribution in [-0.4, -0.2) is 16.1 Å². The number of rotatable bonds is 2. The van der Waals surface area contributed by atoms with Crippen LogP contribution in [0.2, 0.25) is 0 Å². The topological polar surface area (TPSA) is 88.2 Å². The Morgan fingerprint density at radius 2 is 2.45 bits per heavy atom. The van der Waals surface area contributed by atoms with Crippen LogP contribution in [-0.2, 0) is 0 Å². The van der Waals surface area contributed by atoms with Gasteiger partial charge in [0, 0.05) is 4.88 Å². The standard InChI is InChI=1S/C5H7N3O2S/c1-2-3(4(9)10)7-5(8-6)11-2/h6H2,1H3,(H,7,8)(H,9,10). The second-order valence-electron chi connectivity index (χ2n) is 1.87. The number of aromatic carboxylic acids is 1. The van der Waals surface area contributed by atoms with Crippen LogP contribution in [0.5, 0.6) is 0 Å². The van der Waals surface area contributed by atoms with Gasteiger partial charge >= 0.3 is 5.97 Å². The summed E-state index contributed by atoms with van der Waals surface area (Å²) in [6.45, 7) is 1.68. The zero-order chi connectivity index (χ0) is 8.43. The minimum atomic E-state index is -1.03. The lowest BCUT2D eigenvalue weighted by Crippen LogP contribution is -2.07. The smallest absolute Gasteiger partial charge is 0.355 e. The number of hydrazine groups is 1. The molecule has 0 spiro atoms. The van der Waals surface area contributed by atoms with Crippen molar-refractivity contribution in [1.29, 1.82) is 0 Å². The molecule has 1 rings (SSSR count). The number of hydrogen-bond donors (Lipinski definition) is 3. The van der Waals surface area contributed by atoms with E-state index in [1.165, 1.54) is 11.3 Å². The van der Waals surface area contributed by atoms with Crippen LogP contribution in [0.25, 0.3) is 0 Å². The van der Waals surface area contributed by atoms with Gasteiger partial charge in [-0.15, -0.1) is 11.3 Å². The van der Waals surface area contributed by atoms with Crippen LogP contribution in [0.1, 0.15) is 15.4 Å². The molecule has 0 aliphatic carbocycles. The van der Waals surface area contributed by atoms with Crippen molar-refractivity contribution in [3.8, 4) is 0 Å². The highest BCUT2D eigenvalue weighted by Crippen LogP contribution is 2.20. The normalized spacial score (nSPS) is 9.64. The van der Waals surface area contributed by atoms with Gasteiger partial charge < -0.3 is 5.11 Å². The highest BCUT2D eigenvalue weighted by molar-refractivity contribution is 7.15. The van der Waals surface area contributed by atoms with Crippen LogP contribution < -0.4 is 11.3 Å². The summed E-state index contributed by atoms with van der Waals surface area (Å²) in [5, 5.41) is 8.97. The fourth-order valence-corrected chi connectivity index (χ4v) is 1.37. The molecule has 11 heavy (non-hydrogen) atoms. The van der Waals surface area contributed by atoms with Crippen LogP contribution in [0.4, 0.5) is 5.13 Å². The van der Waals surface area contributed by atoms with Crippen LogP contribution in [0.15, 0.2) is 0 Å². The molecule has 60 valence electrons. The number of carboxylic acids is 1. The van der Waals surface area contributed by atoms with Gasteiger partial charge in [0.25, 0.3) is 0 Å². The van der Waals surface area contributed by atoms with Crippen molar-refractivity contribution in [3.05, 3.63) is 10.6 Å². The SMILES string of the molecule is Cc1sc(NN)nc1C(=O)O. The summed E-state index contributed by atoms with van der Waals surface area (Å²) >= 11 is 1.21. The lowest BCUT2D eigenvalue weighted by molar-refractivity contribution is 0.0691. The fourth-order valence-electron chi connectivity index (χ4n) is 0.657. The predicted molar refractivity (Wildman–Crippen MR) is 41.6 cm³/mol. The molecule has 0 unspecified atom stereocenters. The summed E-state index contributed by atoms with van der Waals surface area (Å²) in [6, 6.07) is 0. The molecule has 4 N–H and O–H groups in total. The Labute approximate surface area is 66.8 Å². The lowest BCUT2D eigenvalue weighted by Gasteiger charge is -1.86. The Bertz CT molecular complexity index is 283. The molecule has 0 bridgehead atoms. The summed E-state index contributed by atoms with van der Waals surface area (Å²) < 4.78 is 0. The van der Waals surface area contributed by atoms with Crippen molar-refractivity contribution < 1.29 is 9.90 Å². The van der Waals surface area contributed by atoms with Gasteiger partial charge in [0.2, 0.25) is 0 Å². The third-order valence-corrected chi connectivity index (χ3v) is 2.02. The third-order valence-electron chi connectivity index (χ3n) is 1.12. The fraction of sp³-hybridized carbons (Fsp3) is 0.200. The quantitative estimate of drug-likeness (QED) is 0.446. The van der Waals surface area contributed by atoms with Crippen molar-refractivity contribution in [3.63, 3.8) is 0 Å². The van der Waals surface area contributed by atoms with Crippen molar-refractivity contribution in [2.45, 2.75) is 6.92 Å².